The maximum absolute atomic E-state index is 11.5. The number of nitrogens with zero attached hydrogens (tertiary/aromatic N) is 2. The van der Waals surface area contributed by atoms with E-state index in [9.17, 15) is 9.59 Å². The summed E-state index contributed by atoms with van der Waals surface area (Å²) in [5, 5.41) is 12.2. The summed E-state index contributed by atoms with van der Waals surface area (Å²) in [5.41, 5.74) is 3.36. The van der Waals surface area contributed by atoms with Crippen molar-refractivity contribution in [1.29, 1.82) is 0 Å². The highest BCUT2D eigenvalue weighted by Gasteiger charge is 2.20. The molecule has 2 aromatic heterocycles. The van der Waals surface area contributed by atoms with E-state index in [1.807, 2.05) is 0 Å². The molecule has 0 saturated heterocycles. The molecule has 3 N–H and O–H groups in total. The largest absolute Gasteiger partial charge is 0.457 e. The van der Waals surface area contributed by atoms with Crippen molar-refractivity contribution in [1.82, 2.24) is 15.4 Å². The van der Waals surface area contributed by atoms with Crippen molar-refractivity contribution in [3.8, 4) is 11.5 Å². The summed E-state index contributed by atoms with van der Waals surface area (Å²) in [6, 6.07) is 8.66. The Labute approximate surface area is 147 Å². The Kier molecular flexibility index (Phi) is 3.94. The molecular formula is C18H14N4O4. The molecule has 1 aliphatic rings. The van der Waals surface area contributed by atoms with Crippen LogP contribution in [0.3, 0.4) is 0 Å². The maximum Gasteiger partial charge on any atom is 0.276 e. The molecule has 0 radical (unpaired) electrons. The average molecular weight is 350 g/mol. The van der Waals surface area contributed by atoms with Crippen LogP contribution in [-0.2, 0) is 11.2 Å². The highest BCUT2D eigenvalue weighted by atomic mass is 16.5. The lowest BCUT2D eigenvalue weighted by Gasteiger charge is -2.18. The Morgan fingerprint density at radius 1 is 1.19 bits per heavy atom. The Bertz CT molecular complexity index is 1030. The van der Waals surface area contributed by atoms with E-state index in [1.165, 1.54) is 6.20 Å². The molecule has 0 unspecified atom stereocenters. The normalized spacial score (nSPS) is 13.0. The highest BCUT2D eigenvalue weighted by Crippen LogP contribution is 2.33. The van der Waals surface area contributed by atoms with E-state index in [1.54, 1.807) is 42.0 Å². The molecule has 3 heterocycles. The minimum atomic E-state index is -0.635. The van der Waals surface area contributed by atoms with Crippen molar-refractivity contribution in [2.45, 2.75) is 12.8 Å². The predicted molar refractivity (Wildman–Crippen MR) is 92.3 cm³/mol. The average Bonchev–Trinajstić information content (AvgIpc) is 2.66. The van der Waals surface area contributed by atoms with Crippen LogP contribution in [0.4, 0.5) is 5.82 Å². The van der Waals surface area contributed by atoms with E-state index in [0.29, 0.717) is 41.1 Å². The van der Waals surface area contributed by atoms with Crippen molar-refractivity contribution in [2.75, 3.05) is 5.32 Å². The second-order valence-electron chi connectivity index (χ2n) is 5.81. The van der Waals surface area contributed by atoms with Crippen molar-refractivity contribution in [2.24, 2.45) is 0 Å². The lowest BCUT2D eigenvalue weighted by Crippen LogP contribution is -2.20. The molecule has 0 aliphatic carbocycles. The van der Waals surface area contributed by atoms with E-state index >= 15 is 0 Å². The number of fused-ring (bicyclic) bond motifs is 2. The molecule has 3 aromatic rings. The van der Waals surface area contributed by atoms with Gasteiger partial charge in [-0.15, -0.1) is 0 Å². The molecule has 0 fully saturated rings. The van der Waals surface area contributed by atoms with Crippen LogP contribution in [0, 0.1) is 0 Å². The molecule has 1 aromatic carbocycles. The maximum atomic E-state index is 11.5. The molecule has 0 spiro atoms. The van der Waals surface area contributed by atoms with Crippen LogP contribution in [0.15, 0.2) is 42.7 Å². The fraction of sp³-hybridized carbons (Fsp3) is 0.111. The Morgan fingerprint density at radius 2 is 2.08 bits per heavy atom. The SMILES string of the molecule is O=C1CCc2c(Oc3ccc4ncc(C(=O)NO)cc4c3)ccnc2N1. The molecule has 130 valence electrons. The summed E-state index contributed by atoms with van der Waals surface area (Å²) >= 11 is 0. The number of hydroxylamine groups is 1. The predicted octanol–water partition coefficient (Wildman–Crippen LogP) is 2.43. The van der Waals surface area contributed by atoms with Crippen molar-refractivity contribution >= 4 is 28.5 Å². The molecule has 0 saturated carbocycles. The van der Waals surface area contributed by atoms with Crippen LogP contribution >= 0.6 is 0 Å². The van der Waals surface area contributed by atoms with Gasteiger partial charge in [0.15, 0.2) is 0 Å². The van der Waals surface area contributed by atoms with Gasteiger partial charge < -0.3 is 10.1 Å². The topological polar surface area (TPSA) is 113 Å². The number of hydrogen-bond acceptors (Lipinski definition) is 6. The van der Waals surface area contributed by atoms with Gasteiger partial charge in [0.05, 0.1) is 11.1 Å². The highest BCUT2D eigenvalue weighted by molar-refractivity contribution is 5.96. The fourth-order valence-electron chi connectivity index (χ4n) is 2.84. The molecule has 26 heavy (non-hydrogen) atoms. The molecule has 2 amide bonds. The van der Waals surface area contributed by atoms with Gasteiger partial charge >= 0.3 is 0 Å². The zero-order valence-electron chi connectivity index (χ0n) is 13.5. The summed E-state index contributed by atoms with van der Waals surface area (Å²) in [6.07, 6.45) is 3.90. The van der Waals surface area contributed by atoms with Gasteiger partial charge in [-0.2, -0.15) is 0 Å². The Hall–Kier alpha value is -3.52. The number of amides is 2. The summed E-state index contributed by atoms with van der Waals surface area (Å²) in [7, 11) is 0. The molecule has 4 rings (SSSR count). The van der Waals surface area contributed by atoms with Crippen LogP contribution in [0.25, 0.3) is 10.9 Å². The number of carbonyl (C=O) groups is 2. The number of carbonyl (C=O) groups excluding carboxylic acids is 2. The Balaban J connectivity index is 1.68. The van der Waals surface area contributed by atoms with Gasteiger partial charge in [0, 0.05) is 29.8 Å². The number of hydrogen-bond donors (Lipinski definition) is 3. The van der Waals surface area contributed by atoms with Gasteiger partial charge in [0.2, 0.25) is 5.91 Å². The van der Waals surface area contributed by atoms with Gasteiger partial charge in [0.1, 0.15) is 17.3 Å². The number of aromatic nitrogens is 2. The molecule has 0 bridgehead atoms. The van der Waals surface area contributed by atoms with Crippen LogP contribution in [0.1, 0.15) is 22.3 Å². The molecular weight excluding hydrogens is 336 g/mol. The number of pyridine rings is 2. The monoisotopic (exact) mass is 350 g/mol. The number of benzene rings is 1. The summed E-state index contributed by atoms with van der Waals surface area (Å²) < 4.78 is 5.98. The smallest absolute Gasteiger partial charge is 0.276 e. The standard InChI is InChI=1S/C18H14N4O4/c23-16-4-2-13-15(5-6-19-17(13)21-16)26-12-1-3-14-10(8-12)7-11(9-20-14)18(24)22-25/h1,3,5-9,25H,2,4H2,(H,22,24)(H,19,21,23). The zero-order valence-corrected chi connectivity index (χ0v) is 13.5. The van der Waals surface area contributed by atoms with E-state index in [0.717, 1.165) is 5.56 Å². The summed E-state index contributed by atoms with van der Waals surface area (Å²) in [5.74, 6) is 0.999. The van der Waals surface area contributed by atoms with Crippen LogP contribution < -0.4 is 15.5 Å². The second-order valence-corrected chi connectivity index (χ2v) is 5.81. The minimum Gasteiger partial charge on any atom is -0.457 e. The minimum absolute atomic E-state index is 0.0615. The third kappa shape index (κ3) is 2.93. The van der Waals surface area contributed by atoms with Crippen LogP contribution in [0.5, 0.6) is 11.5 Å². The van der Waals surface area contributed by atoms with E-state index in [-0.39, 0.29) is 11.5 Å². The van der Waals surface area contributed by atoms with Crippen LogP contribution in [0.2, 0.25) is 0 Å². The molecule has 0 atom stereocenters. The first kappa shape index (κ1) is 16.0. The van der Waals surface area contributed by atoms with Crippen molar-refractivity contribution in [3.05, 3.63) is 53.9 Å². The first-order valence-corrected chi connectivity index (χ1v) is 7.94. The van der Waals surface area contributed by atoms with Gasteiger partial charge in [0.25, 0.3) is 5.91 Å². The first-order chi connectivity index (χ1) is 12.6. The summed E-state index contributed by atoms with van der Waals surface area (Å²) in [6.45, 7) is 0. The lowest BCUT2D eigenvalue weighted by atomic mass is 10.1. The van der Waals surface area contributed by atoms with E-state index in [4.69, 9.17) is 9.94 Å². The van der Waals surface area contributed by atoms with E-state index < -0.39 is 5.91 Å². The third-order valence-corrected chi connectivity index (χ3v) is 4.12. The fourth-order valence-corrected chi connectivity index (χ4v) is 2.84. The summed E-state index contributed by atoms with van der Waals surface area (Å²) in [4.78, 5) is 31.4. The van der Waals surface area contributed by atoms with Gasteiger partial charge in [-0.3, -0.25) is 19.8 Å². The van der Waals surface area contributed by atoms with Gasteiger partial charge in [-0.05, 0) is 36.8 Å². The third-order valence-electron chi connectivity index (χ3n) is 4.12. The second kappa shape index (κ2) is 6.41. The number of anilines is 1. The number of ether oxygens (including phenoxy) is 1. The first-order valence-electron chi connectivity index (χ1n) is 7.94. The van der Waals surface area contributed by atoms with Gasteiger partial charge in [-0.25, -0.2) is 10.5 Å². The van der Waals surface area contributed by atoms with Gasteiger partial charge in [-0.1, -0.05) is 0 Å². The molecule has 8 nitrogen and oxygen atoms in total. The zero-order chi connectivity index (χ0) is 18.1. The van der Waals surface area contributed by atoms with Crippen molar-refractivity contribution in [3.63, 3.8) is 0 Å². The van der Waals surface area contributed by atoms with E-state index in [2.05, 4.69) is 15.3 Å². The quantitative estimate of drug-likeness (QED) is 0.494. The number of nitrogens with one attached hydrogen (secondary N) is 2. The molecule has 1 aliphatic heterocycles. The molecule has 8 heteroatoms. The van der Waals surface area contributed by atoms with Crippen molar-refractivity contribution < 1.29 is 19.5 Å². The van der Waals surface area contributed by atoms with Crippen LogP contribution in [-0.4, -0.2) is 27.0 Å². The Morgan fingerprint density at radius 3 is 2.92 bits per heavy atom. The lowest BCUT2D eigenvalue weighted by molar-refractivity contribution is -0.116. The number of rotatable bonds is 3.